The molecule has 10 heteroatoms. The highest BCUT2D eigenvalue weighted by Gasteiger charge is 2.31. The average molecular weight is 688 g/mol. The van der Waals surface area contributed by atoms with Crippen LogP contribution in [0.2, 0.25) is 5.02 Å². The number of carbonyl (C=O) groups is 3. The number of carboxylic acids is 2. The highest BCUT2D eigenvalue weighted by molar-refractivity contribution is 6.30. The summed E-state index contributed by atoms with van der Waals surface area (Å²) in [5.41, 5.74) is 2.68. The SMILES string of the molecule is CN1CCCC1CCOC(C)(c1ccccc1)c1ccc(Cl)cc1.COc1ccc(C(=O)c2ccccc2)c(O)c1.O=C(O)C=CC(=O)O. The number of nitrogens with zero attached hydrogens (tertiary/aromatic N) is 1. The standard InChI is InChI=1S/C21H26ClNO.C14H12O3.C4H4O4/c1-21(17-7-4-3-5-8-17,18-10-12-19(22)13-11-18)24-16-14-20-9-6-15-23(20)2;1-17-11-7-8-12(13(15)9-11)14(16)10-5-3-2-4-6-10;5-3(6)1-2-4(7)8/h3-5,7-8,10-13,20H,6,9,14-16H2,1-2H3;2-9,15H,1H3;1-2H,(H,5,6)(H,7,8). The number of benzene rings is 4. The summed E-state index contributed by atoms with van der Waals surface area (Å²) in [5.74, 6) is -2.27. The number of phenols is 1. The molecular formula is C39H42ClNO8. The lowest BCUT2D eigenvalue weighted by molar-refractivity contribution is -0.134. The highest BCUT2D eigenvalue weighted by atomic mass is 35.5. The third-order valence-electron chi connectivity index (χ3n) is 8.09. The molecule has 2 atom stereocenters. The first-order chi connectivity index (χ1) is 23.4. The summed E-state index contributed by atoms with van der Waals surface area (Å²) in [5, 5.41) is 26.1. The molecule has 1 saturated heterocycles. The molecule has 0 amide bonds. The number of ether oxygens (including phenoxy) is 2. The fourth-order valence-electron chi connectivity index (χ4n) is 5.32. The van der Waals surface area contributed by atoms with E-state index in [1.807, 2.05) is 24.3 Å². The van der Waals surface area contributed by atoms with Crippen molar-refractivity contribution in [3.63, 3.8) is 0 Å². The van der Waals surface area contributed by atoms with Crippen LogP contribution in [0.15, 0.2) is 115 Å². The number of aromatic hydroxyl groups is 1. The van der Waals surface area contributed by atoms with E-state index < -0.39 is 17.5 Å². The molecule has 3 N–H and O–H groups in total. The molecular weight excluding hydrogens is 646 g/mol. The van der Waals surface area contributed by atoms with Gasteiger partial charge in [-0.1, -0.05) is 84.4 Å². The zero-order chi connectivity index (χ0) is 35.8. The molecule has 5 rings (SSSR count). The van der Waals surface area contributed by atoms with Gasteiger partial charge in [0.2, 0.25) is 0 Å². The van der Waals surface area contributed by atoms with Gasteiger partial charge in [-0.2, -0.15) is 0 Å². The van der Waals surface area contributed by atoms with Crippen LogP contribution in [-0.4, -0.2) is 71.3 Å². The Bertz CT molecular complexity index is 1660. The Morgan fingerprint density at radius 1 is 0.878 bits per heavy atom. The van der Waals surface area contributed by atoms with Gasteiger partial charge in [0, 0.05) is 41.5 Å². The number of hydrogen-bond acceptors (Lipinski definition) is 7. The number of aliphatic carboxylic acids is 2. The molecule has 0 aliphatic carbocycles. The molecule has 0 saturated carbocycles. The summed E-state index contributed by atoms with van der Waals surface area (Å²) < 4.78 is 11.4. The molecule has 1 aliphatic heterocycles. The van der Waals surface area contributed by atoms with Crippen LogP contribution in [0.4, 0.5) is 0 Å². The number of hydrogen-bond donors (Lipinski definition) is 3. The maximum atomic E-state index is 12.1. The predicted octanol–water partition coefficient (Wildman–Crippen LogP) is 7.45. The number of methoxy groups -OCH3 is 1. The number of ketones is 1. The van der Waals surface area contributed by atoms with Crippen LogP contribution in [-0.2, 0) is 19.9 Å². The highest BCUT2D eigenvalue weighted by Crippen LogP contribution is 2.34. The number of phenolic OH excluding ortho intramolecular Hbond substituents is 1. The predicted molar refractivity (Wildman–Crippen MR) is 190 cm³/mol. The van der Waals surface area contributed by atoms with Crippen LogP contribution >= 0.6 is 11.6 Å². The van der Waals surface area contributed by atoms with Crippen molar-refractivity contribution in [2.45, 2.75) is 37.8 Å². The molecule has 1 aliphatic rings. The largest absolute Gasteiger partial charge is 0.507 e. The van der Waals surface area contributed by atoms with Crippen LogP contribution in [0.25, 0.3) is 0 Å². The fourth-order valence-corrected chi connectivity index (χ4v) is 5.44. The van der Waals surface area contributed by atoms with E-state index in [0.29, 0.717) is 29.5 Å². The Labute approximate surface area is 292 Å². The summed E-state index contributed by atoms with van der Waals surface area (Å²) in [4.78, 5) is 33.6. The Morgan fingerprint density at radius 2 is 1.45 bits per heavy atom. The first kappa shape index (κ1) is 38.5. The van der Waals surface area contributed by atoms with Crippen molar-refractivity contribution in [2.75, 3.05) is 27.3 Å². The maximum absolute atomic E-state index is 12.1. The Balaban J connectivity index is 0.000000226. The third kappa shape index (κ3) is 11.9. The Morgan fingerprint density at radius 3 is 1.96 bits per heavy atom. The second-order valence-corrected chi connectivity index (χ2v) is 11.8. The Hall–Kier alpha value is -4.96. The van der Waals surface area contributed by atoms with Crippen molar-refractivity contribution < 1.29 is 39.2 Å². The maximum Gasteiger partial charge on any atom is 0.328 e. The van der Waals surface area contributed by atoms with Gasteiger partial charge in [0.1, 0.15) is 17.1 Å². The van der Waals surface area contributed by atoms with Crippen LogP contribution in [0, 0.1) is 0 Å². The number of halogens is 1. The van der Waals surface area contributed by atoms with Crippen molar-refractivity contribution in [3.8, 4) is 11.5 Å². The lowest BCUT2D eigenvalue weighted by Crippen LogP contribution is -2.31. The van der Waals surface area contributed by atoms with E-state index in [1.54, 1.807) is 36.4 Å². The van der Waals surface area contributed by atoms with E-state index in [-0.39, 0.29) is 17.1 Å². The molecule has 0 radical (unpaired) electrons. The molecule has 4 aromatic carbocycles. The smallest absolute Gasteiger partial charge is 0.328 e. The summed E-state index contributed by atoms with van der Waals surface area (Å²) >= 11 is 6.07. The van der Waals surface area contributed by atoms with Gasteiger partial charge < -0.3 is 29.7 Å². The summed E-state index contributed by atoms with van der Waals surface area (Å²) in [7, 11) is 3.72. The van der Waals surface area contributed by atoms with E-state index in [0.717, 1.165) is 23.6 Å². The van der Waals surface area contributed by atoms with Crippen molar-refractivity contribution in [3.05, 3.63) is 143 Å². The van der Waals surface area contributed by atoms with Gasteiger partial charge in [0.15, 0.2) is 5.78 Å². The summed E-state index contributed by atoms with van der Waals surface area (Å²) in [6.07, 6.45) is 4.77. The van der Waals surface area contributed by atoms with Crippen LogP contribution < -0.4 is 4.74 Å². The fraction of sp³-hybridized carbons (Fsp3) is 0.256. The second kappa shape index (κ2) is 19.1. The molecule has 0 bridgehead atoms. The zero-order valence-corrected chi connectivity index (χ0v) is 28.5. The molecule has 49 heavy (non-hydrogen) atoms. The van der Waals surface area contributed by atoms with Crippen molar-refractivity contribution in [2.24, 2.45) is 0 Å². The van der Waals surface area contributed by atoms with Crippen molar-refractivity contribution in [1.29, 1.82) is 0 Å². The lowest BCUT2D eigenvalue weighted by atomic mass is 9.88. The van der Waals surface area contributed by atoms with E-state index >= 15 is 0 Å². The molecule has 258 valence electrons. The molecule has 1 heterocycles. The minimum absolute atomic E-state index is 0.0711. The molecule has 9 nitrogen and oxygen atoms in total. The van der Waals surface area contributed by atoms with Gasteiger partial charge in [-0.15, -0.1) is 0 Å². The molecule has 4 aromatic rings. The molecule has 0 spiro atoms. The monoisotopic (exact) mass is 687 g/mol. The van der Waals surface area contributed by atoms with E-state index in [9.17, 15) is 19.5 Å². The molecule has 2 unspecified atom stereocenters. The number of carbonyl (C=O) groups excluding carboxylic acids is 1. The zero-order valence-electron chi connectivity index (χ0n) is 27.8. The number of rotatable bonds is 11. The third-order valence-corrected chi connectivity index (χ3v) is 8.34. The molecule has 0 aromatic heterocycles. The quantitative estimate of drug-likeness (QED) is 0.109. The van der Waals surface area contributed by atoms with Gasteiger partial charge in [-0.25, -0.2) is 9.59 Å². The van der Waals surface area contributed by atoms with Crippen LogP contribution in [0.3, 0.4) is 0 Å². The number of carboxylic acid groups (broad SMARTS) is 2. The van der Waals surface area contributed by atoms with E-state index in [4.69, 9.17) is 31.3 Å². The van der Waals surface area contributed by atoms with Crippen molar-refractivity contribution >= 4 is 29.3 Å². The normalized spacial score (nSPS) is 15.2. The first-order valence-corrected chi connectivity index (χ1v) is 16.1. The summed E-state index contributed by atoms with van der Waals surface area (Å²) in [6, 6.07) is 32.6. The van der Waals surface area contributed by atoms with Gasteiger partial charge >= 0.3 is 11.9 Å². The Kier molecular flexibility index (Phi) is 15.0. The van der Waals surface area contributed by atoms with Gasteiger partial charge in [-0.05, 0) is 75.2 Å². The number of likely N-dealkylation sites (tertiary alicyclic amines) is 1. The minimum Gasteiger partial charge on any atom is -0.507 e. The van der Waals surface area contributed by atoms with Gasteiger partial charge in [-0.3, -0.25) is 4.79 Å². The van der Waals surface area contributed by atoms with Crippen molar-refractivity contribution in [1.82, 2.24) is 4.90 Å². The van der Waals surface area contributed by atoms with Crippen LogP contribution in [0.5, 0.6) is 11.5 Å². The van der Waals surface area contributed by atoms with E-state index in [2.05, 4.69) is 55.3 Å². The minimum atomic E-state index is -1.26. The first-order valence-electron chi connectivity index (χ1n) is 15.7. The van der Waals surface area contributed by atoms with Crippen LogP contribution in [0.1, 0.15) is 53.2 Å². The topological polar surface area (TPSA) is 134 Å². The lowest BCUT2D eigenvalue weighted by Gasteiger charge is -2.32. The van der Waals surface area contributed by atoms with Gasteiger partial charge in [0.05, 0.1) is 12.7 Å². The van der Waals surface area contributed by atoms with Gasteiger partial charge in [0.25, 0.3) is 0 Å². The second-order valence-electron chi connectivity index (χ2n) is 11.4. The van der Waals surface area contributed by atoms with E-state index in [1.165, 1.54) is 38.1 Å². The average Bonchev–Trinajstić information content (AvgIpc) is 3.52. The summed E-state index contributed by atoms with van der Waals surface area (Å²) in [6.45, 7) is 4.12. The molecule has 1 fully saturated rings.